The lowest BCUT2D eigenvalue weighted by Gasteiger charge is -2.17. The molecular formula is C13H16FNO2. The van der Waals surface area contributed by atoms with Crippen LogP contribution in [0.5, 0.6) is 0 Å². The molecule has 0 spiro atoms. The van der Waals surface area contributed by atoms with Crippen molar-refractivity contribution in [2.45, 2.75) is 31.8 Å². The second-order valence-corrected chi connectivity index (χ2v) is 4.49. The average molecular weight is 237 g/mol. The van der Waals surface area contributed by atoms with E-state index in [-0.39, 0.29) is 17.8 Å². The summed E-state index contributed by atoms with van der Waals surface area (Å²) in [5, 5.41) is 12.3. The smallest absolute Gasteiger partial charge is 0.308 e. The normalized spacial score (nSPS) is 23.8. The van der Waals surface area contributed by atoms with Gasteiger partial charge in [-0.15, -0.1) is 0 Å². The maximum Gasteiger partial charge on any atom is 0.308 e. The molecule has 2 rings (SSSR count). The summed E-state index contributed by atoms with van der Waals surface area (Å²) in [5.41, 5.74) is 0.974. The van der Waals surface area contributed by atoms with E-state index in [9.17, 15) is 9.18 Å². The Morgan fingerprint density at radius 3 is 2.71 bits per heavy atom. The first-order valence-electron chi connectivity index (χ1n) is 5.87. The molecule has 0 unspecified atom stereocenters. The third-order valence-corrected chi connectivity index (χ3v) is 3.31. The molecular weight excluding hydrogens is 221 g/mol. The first kappa shape index (κ1) is 12.0. The Morgan fingerprint density at radius 1 is 1.35 bits per heavy atom. The van der Waals surface area contributed by atoms with Crippen molar-refractivity contribution in [3.8, 4) is 0 Å². The number of carboxylic acid groups (broad SMARTS) is 1. The van der Waals surface area contributed by atoms with Crippen molar-refractivity contribution in [1.29, 1.82) is 0 Å². The van der Waals surface area contributed by atoms with Crippen molar-refractivity contribution in [2.75, 3.05) is 0 Å². The van der Waals surface area contributed by atoms with Crippen LogP contribution in [0.15, 0.2) is 24.3 Å². The van der Waals surface area contributed by atoms with Gasteiger partial charge >= 0.3 is 5.97 Å². The zero-order valence-corrected chi connectivity index (χ0v) is 9.53. The Morgan fingerprint density at radius 2 is 2.06 bits per heavy atom. The molecule has 17 heavy (non-hydrogen) atoms. The molecule has 0 amide bonds. The average Bonchev–Trinajstić information content (AvgIpc) is 2.76. The summed E-state index contributed by atoms with van der Waals surface area (Å²) in [6, 6.07) is 6.30. The predicted octanol–water partition coefficient (Wildman–Crippen LogP) is 2.17. The minimum Gasteiger partial charge on any atom is -0.481 e. The highest BCUT2D eigenvalue weighted by atomic mass is 19.1. The van der Waals surface area contributed by atoms with Gasteiger partial charge in [-0.2, -0.15) is 0 Å². The summed E-state index contributed by atoms with van der Waals surface area (Å²) in [5.74, 6) is -1.26. The van der Waals surface area contributed by atoms with E-state index in [1.54, 1.807) is 12.1 Å². The first-order valence-corrected chi connectivity index (χ1v) is 5.87. The molecule has 0 heterocycles. The highest BCUT2D eigenvalue weighted by Crippen LogP contribution is 2.26. The van der Waals surface area contributed by atoms with Crippen LogP contribution >= 0.6 is 0 Å². The number of rotatable bonds is 4. The number of halogens is 1. The molecule has 1 aromatic carbocycles. The number of aliphatic carboxylic acids is 1. The third kappa shape index (κ3) is 3.03. The minimum absolute atomic E-state index is 0.0394. The van der Waals surface area contributed by atoms with Crippen LogP contribution < -0.4 is 5.32 Å². The standard InChI is InChI=1S/C13H16FNO2/c14-10-6-4-9(5-7-10)8-15-12-3-1-2-11(12)13(16)17/h4-7,11-12,15H,1-3,8H2,(H,16,17)/t11-,12+/m0/s1. The van der Waals surface area contributed by atoms with E-state index in [0.717, 1.165) is 24.8 Å². The molecule has 1 saturated carbocycles. The lowest BCUT2D eigenvalue weighted by molar-refractivity contribution is -0.142. The van der Waals surface area contributed by atoms with Gasteiger partial charge in [0, 0.05) is 12.6 Å². The summed E-state index contributed by atoms with van der Waals surface area (Å²) in [4.78, 5) is 11.0. The van der Waals surface area contributed by atoms with Gasteiger partial charge in [0.25, 0.3) is 0 Å². The lowest BCUT2D eigenvalue weighted by atomic mass is 10.0. The summed E-state index contributed by atoms with van der Waals surface area (Å²) < 4.78 is 12.7. The number of carboxylic acids is 1. The molecule has 0 aromatic heterocycles. The SMILES string of the molecule is O=C(O)[C@H]1CCC[C@H]1NCc1ccc(F)cc1. The molecule has 1 fully saturated rings. The molecule has 1 aliphatic carbocycles. The summed E-state index contributed by atoms with van der Waals surface area (Å²) in [7, 11) is 0. The van der Waals surface area contributed by atoms with Crippen LogP contribution in [-0.4, -0.2) is 17.1 Å². The van der Waals surface area contributed by atoms with Gasteiger partial charge in [-0.1, -0.05) is 18.6 Å². The van der Waals surface area contributed by atoms with E-state index < -0.39 is 5.97 Å². The van der Waals surface area contributed by atoms with Gasteiger partial charge in [-0.25, -0.2) is 4.39 Å². The van der Waals surface area contributed by atoms with Crippen molar-refractivity contribution in [1.82, 2.24) is 5.32 Å². The topological polar surface area (TPSA) is 49.3 Å². The van der Waals surface area contributed by atoms with Gasteiger partial charge in [0.15, 0.2) is 0 Å². The Labute approximate surface area is 99.7 Å². The van der Waals surface area contributed by atoms with Gasteiger partial charge in [0.05, 0.1) is 5.92 Å². The van der Waals surface area contributed by atoms with Gasteiger partial charge < -0.3 is 10.4 Å². The largest absolute Gasteiger partial charge is 0.481 e. The zero-order chi connectivity index (χ0) is 12.3. The van der Waals surface area contributed by atoms with Crippen LogP contribution in [0.3, 0.4) is 0 Å². The Balaban J connectivity index is 1.89. The Bertz CT molecular complexity index is 391. The number of carbonyl (C=O) groups is 1. The van der Waals surface area contributed by atoms with E-state index in [1.165, 1.54) is 12.1 Å². The third-order valence-electron chi connectivity index (χ3n) is 3.31. The molecule has 0 aliphatic heterocycles. The molecule has 0 radical (unpaired) electrons. The van der Waals surface area contributed by atoms with Crippen molar-refractivity contribution in [3.05, 3.63) is 35.6 Å². The van der Waals surface area contributed by atoms with Crippen LogP contribution in [0.2, 0.25) is 0 Å². The fourth-order valence-corrected chi connectivity index (χ4v) is 2.35. The quantitative estimate of drug-likeness (QED) is 0.843. The maximum atomic E-state index is 12.7. The van der Waals surface area contributed by atoms with E-state index in [1.807, 2.05) is 0 Å². The Hall–Kier alpha value is -1.42. The van der Waals surface area contributed by atoms with Gasteiger partial charge in [0.2, 0.25) is 0 Å². The molecule has 1 aromatic rings. The minimum atomic E-state index is -0.723. The van der Waals surface area contributed by atoms with Gasteiger partial charge in [-0.05, 0) is 30.5 Å². The van der Waals surface area contributed by atoms with E-state index in [4.69, 9.17) is 5.11 Å². The zero-order valence-electron chi connectivity index (χ0n) is 9.53. The predicted molar refractivity (Wildman–Crippen MR) is 62.0 cm³/mol. The fourth-order valence-electron chi connectivity index (χ4n) is 2.35. The van der Waals surface area contributed by atoms with Crippen LogP contribution in [0, 0.1) is 11.7 Å². The fraction of sp³-hybridized carbons (Fsp3) is 0.462. The van der Waals surface area contributed by atoms with E-state index in [0.29, 0.717) is 6.54 Å². The molecule has 0 bridgehead atoms. The molecule has 4 heteroatoms. The van der Waals surface area contributed by atoms with E-state index in [2.05, 4.69) is 5.32 Å². The summed E-state index contributed by atoms with van der Waals surface area (Å²) in [6.07, 6.45) is 2.60. The van der Waals surface area contributed by atoms with Crippen LogP contribution in [0.1, 0.15) is 24.8 Å². The van der Waals surface area contributed by atoms with Crippen LogP contribution in [0.4, 0.5) is 4.39 Å². The lowest BCUT2D eigenvalue weighted by Crippen LogP contribution is -2.35. The van der Waals surface area contributed by atoms with E-state index >= 15 is 0 Å². The van der Waals surface area contributed by atoms with Crippen LogP contribution in [-0.2, 0) is 11.3 Å². The second kappa shape index (κ2) is 5.27. The number of hydrogen-bond donors (Lipinski definition) is 2. The highest BCUT2D eigenvalue weighted by Gasteiger charge is 2.32. The first-order chi connectivity index (χ1) is 8.16. The molecule has 3 nitrogen and oxygen atoms in total. The number of nitrogens with one attached hydrogen (secondary N) is 1. The molecule has 1 aliphatic rings. The van der Waals surface area contributed by atoms with Crippen molar-refractivity contribution >= 4 is 5.97 Å². The van der Waals surface area contributed by atoms with Crippen molar-refractivity contribution < 1.29 is 14.3 Å². The van der Waals surface area contributed by atoms with Gasteiger partial charge in [0.1, 0.15) is 5.82 Å². The molecule has 2 atom stereocenters. The summed E-state index contributed by atoms with van der Waals surface area (Å²) >= 11 is 0. The molecule has 0 saturated heterocycles. The molecule has 92 valence electrons. The van der Waals surface area contributed by atoms with Crippen molar-refractivity contribution in [2.24, 2.45) is 5.92 Å². The number of hydrogen-bond acceptors (Lipinski definition) is 2. The highest BCUT2D eigenvalue weighted by molar-refractivity contribution is 5.71. The summed E-state index contributed by atoms with van der Waals surface area (Å²) in [6.45, 7) is 0.592. The number of benzene rings is 1. The monoisotopic (exact) mass is 237 g/mol. The van der Waals surface area contributed by atoms with Gasteiger partial charge in [-0.3, -0.25) is 4.79 Å². The maximum absolute atomic E-state index is 12.7. The van der Waals surface area contributed by atoms with Crippen molar-refractivity contribution in [3.63, 3.8) is 0 Å². The van der Waals surface area contributed by atoms with Crippen LogP contribution in [0.25, 0.3) is 0 Å². The second-order valence-electron chi connectivity index (χ2n) is 4.49. The Kier molecular flexibility index (Phi) is 3.74. The molecule has 2 N–H and O–H groups in total.